The molecule has 0 bridgehead atoms. The fraction of sp³-hybridized carbons (Fsp3) is 0.357. The lowest BCUT2D eigenvalue weighted by Crippen LogP contribution is -2.24. The molecular formula is C14H18FN5O. The number of aryl methyl sites for hydroxylation is 1. The average Bonchev–Trinajstić information content (AvgIpc) is 2.79. The highest BCUT2D eigenvalue weighted by Crippen LogP contribution is 2.15. The molecule has 0 spiro atoms. The van der Waals surface area contributed by atoms with Crippen molar-refractivity contribution in [1.82, 2.24) is 20.1 Å². The van der Waals surface area contributed by atoms with Crippen LogP contribution >= 0.6 is 0 Å². The van der Waals surface area contributed by atoms with E-state index in [1.807, 2.05) is 20.9 Å². The summed E-state index contributed by atoms with van der Waals surface area (Å²) in [6, 6.07) is 1.36. The maximum Gasteiger partial charge on any atom is 0.254 e. The lowest BCUT2D eigenvalue weighted by Gasteiger charge is -2.09. The zero-order valence-electron chi connectivity index (χ0n) is 12.3. The van der Waals surface area contributed by atoms with Crippen LogP contribution in [-0.4, -0.2) is 27.2 Å². The van der Waals surface area contributed by atoms with Gasteiger partial charge in [0.25, 0.3) is 5.91 Å². The number of aromatic nitrogens is 3. The third-order valence-electron chi connectivity index (χ3n) is 3.25. The topological polar surface area (TPSA) is 71.8 Å². The molecule has 0 aliphatic rings. The van der Waals surface area contributed by atoms with E-state index in [0.29, 0.717) is 13.1 Å². The van der Waals surface area contributed by atoms with Gasteiger partial charge in [0, 0.05) is 37.6 Å². The van der Waals surface area contributed by atoms with E-state index in [-0.39, 0.29) is 11.4 Å². The van der Waals surface area contributed by atoms with Gasteiger partial charge in [0.1, 0.15) is 0 Å². The molecule has 0 atom stereocenters. The average molecular weight is 291 g/mol. The van der Waals surface area contributed by atoms with Gasteiger partial charge < -0.3 is 10.6 Å². The molecule has 2 N–H and O–H groups in total. The number of hydrogen-bond acceptors (Lipinski definition) is 4. The van der Waals surface area contributed by atoms with Crippen molar-refractivity contribution >= 4 is 11.7 Å². The number of anilines is 1. The minimum absolute atomic E-state index is 0.0255. The Kier molecular flexibility index (Phi) is 4.52. The van der Waals surface area contributed by atoms with Crippen LogP contribution in [0.15, 0.2) is 18.5 Å². The number of rotatable bonds is 5. The van der Waals surface area contributed by atoms with Crippen molar-refractivity contribution in [3.63, 3.8) is 0 Å². The highest BCUT2D eigenvalue weighted by Gasteiger charge is 2.16. The summed E-state index contributed by atoms with van der Waals surface area (Å²) in [7, 11) is 1.83. The number of nitrogens with zero attached hydrogens (tertiary/aromatic N) is 3. The summed E-state index contributed by atoms with van der Waals surface area (Å²) < 4.78 is 15.8. The Bertz CT molecular complexity index is 653. The number of carbonyl (C=O) groups is 1. The molecule has 0 aliphatic heterocycles. The van der Waals surface area contributed by atoms with Crippen molar-refractivity contribution in [2.24, 2.45) is 7.05 Å². The molecule has 2 aromatic heterocycles. The van der Waals surface area contributed by atoms with E-state index in [9.17, 15) is 9.18 Å². The van der Waals surface area contributed by atoms with Crippen LogP contribution in [-0.2, 0) is 13.6 Å². The standard InChI is InChI=1S/C14H18FN5O/c1-4-16-13-12(15)11(5-6-17-13)14(21)18-7-10-8-19-20(3)9(10)2/h5-6,8H,4,7H2,1-3H3,(H,16,17)(H,18,21). The van der Waals surface area contributed by atoms with Gasteiger partial charge >= 0.3 is 0 Å². The lowest BCUT2D eigenvalue weighted by molar-refractivity contribution is 0.0947. The van der Waals surface area contributed by atoms with Crippen LogP contribution < -0.4 is 10.6 Å². The molecule has 7 heteroatoms. The molecule has 0 radical (unpaired) electrons. The Labute approximate surface area is 122 Å². The second kappa shape index (κ2) is 6.34. The monoisotopic (exact) mass is 291 g/mol. The van der Waals surface area contributed by atoms with E-state index >= 15 is 0 Å². The van der Waals surface area contributed by atoms with Gasteiger partial charge in [-0.1, -0.05) is 0 Å². The van der Waals surface area contributed by atoms with Crippen LogP contribution in [0.5, 0.6) is 0 Å². The van der Waals surface area contributed by atoms with Crippen LogP contribution in [0, 0.1) is 12.7 Å². The van der Waals surface area contributed by atoms with Crippen LogP contribution in [0.1, 0.15) is 28.5 Å². The smallest absolute Gasteiger partial charge is 0.254 e. The predicted molar refractivity (Wildman–Crippen MR) is 77.5 cm³/mol. The maximum absolute atomic E-state index is 14.1. The van der Waals surface area contributed by atoms with E-state index < -0.39 is 11.7 Å². The summed E-state index contributed by atoms with van der Waals surface area (Å²) >= 11 is 0. The first kappa shape index (κ1) is 15.0. The Morgan fingerprint density at radius 3 is 2.86 bits per heavy atom. The molecule has 0 saturated heterocycles. The van der Waals surface area contributed by atoms with E-state index in [1.165, 1.54) is 12.3 Å². The van der Waals surface area contributed by atoms with Crippen molar-refractivity contribution in [2.75, 3.05) is 11.9 Å². The van der Waals surface area contributed by atoms with Crippen molar-refractivity contribution in [3.8, 4) is 0 Å². The van der Waals surface area contributed by atoms with Crippen molar-refractivity contribution in [3.05, 3.63) is 41.1 Å². The van der Waals surface area contributed by atoms with Crippen LogP contribution in [0.25, 0.3) is 0 Å². The molecule has 0 aromatic carbocycles. The molecular weight excluding hydrogens is 273 g/mol. The first-order valence-electron chi connectivity index (χ1n) is 6.68. The molecule has 2 rings (SSSR count). The molecule has 0 fully saturated rings. The molecule has 6 nitrogen and oxygen atoms in total. The number of hydrogen-bond donors (Lipinski definition) is 2. The Hall–Kier alpha value is -2.44. The lowest BCUT2D eigenvalue weighted by atomic mass is 10.2. The molecule has 0 saturated carbocycles. The summed E-state index contributed by atoms with van der Waals surface area (Å²) in [5, 5.41) is 9.56. The minimum atomic E-state index is -0.639. The molecule has 21 heavy (non-hydrogen) atoms. The van der Waals surface area contributed by atoms with Crippen LogP contribution in [0.2, 0.25) is 0 Å². The minimum Gasteiger partial charge on any atom is -0.368 e. The third-order valence-corrected chi connectivity index (χ3v) is 3.25. The normalized spacial score (nSPS) is 10.5. The van der Waals surface area contributed by atoms with Gasteiger partial charge in [0.2, 0.25) is 0 Å². The third kappa shape index (κ3) is 3.18. The highest BCUT2D eigenvalue weighted by molar-refractivity contribution is 5.95. The van der Waals surface area contributed by atoms with E-state index in [1.54, 1.807) is 10.9 Å². The molecule has 2 aromatic rings. The highest BCUT2D eigenvalue weighted by atomic mass is 19.1. The fourth-order valence-corrected chi connectivity index (χ4v) is 1.90. The summed E-state index contributed by atoms with van der Waals surface area (Å²) in [6.45, 7) is 4.57. The Balaban J connectivity index is 2.10. The summed E-state index contributed by atoms with van der Waals surface area (Å²) in [4.78, 5) is 15.9. The Morgan fingerprint density at radius 2 is 2.24 bits per heavy atom. The van der Waals surface area contributed by atoms with E-state index in [4.69, 9.17) is 0 Å². The van der Waals surface area contributed by atoms with Gasteiger partial charge in [-0.25, -0.2) is 9.37 Å². The maximum atomic E-state index is 14.1. The summed E-state index contributed by atoms with van der Waals surface area (Å²) in [5.74, 6) is -1.03. The van der Waals surface area contributed by atoms with Gasteiger partial charge in [0.05, 0.1) is 11.8 Å². The first-order chi connectivity index (χ1) is 10.0. The fourth-order valence-electron chi connectivity index (χ4n) is 1.90. The van der Waals surface area contributed by atoms with Crippen LogP contribution in [0.3, 0.4) is 0 Å². The van der Waals surface area contributed by atoms with Gasteiger partial charge in [-0.05, 0) is 19.9 Å². The predicted octanol–water partition coefficient (Wildman–Crippen LogP) is 1.62. The van der Waals surface area contributed by atoms with E-state index in [2.05, 4.69) is 20.7 Å². The first-order valence-corrected chi connectivity index (χ1v) is 6.68. The SMILES string of the molecule is CCNc1nccc(C(=O)NCc2cnn(C)c2C)c1F. The number of nitrogens with one attached hydrogen (secondary N) is 2. The number of pyridine rings is 1. The van der Waals surface area contributed by atoms with Gasteiger partial charge in [-0.2, -0.15) is 5.10 Å². The summed E-state index contributed by atoms with van der Waals surface area (Å²) in [5.41, 5.74) is 1.83. The number of carbonyl (C=O) groups excluding carboxylic acids is 1. The van der Waals surface area contributed by atoms with Crippen molar-refractivity contribution in [2.45, 2.75) is 20.4 Å². The second-order valence-electron chi connectivity index (χ2n) is 4.61. The van der Waals surface area contributed by atoms with Gasteiger partial charge in [0.15, 0.2) is 11.6 Å². The van der Waals surface area contributed by atoms with Crippen molar-refractivity contribution < 1.29 is 9.18 Å². The molecule has 112 valence electrons. The van der Waals surface area contributed by atoms with Gasteiger partial charge in [-0.3, -0.25) is 9.48 Å². The van der Waals surface area contributed by atoms with Gasteiger partial charge in [-0.15, -0.1) is 0 Å². The quantitative estimate of drug-likeness (QED) is 0.878. The zero-order valence-corrected chi connectivity index (χ0v) is 12.3. The van der Waals surface area contributed by atoms with Crippen molar-refractivity contribution in [1.29, 1.82) is 0 Å². The summed E-state index contributed by atoms with van der Waals surface area (Å²) in [6.07, 6.45) is 3.09. The second-order valence-corrected chi connectivity index (χ2v) is 4.61. The Morgan fingerprint density at radius 1 is 1.48 bits per heavy atom. The molecule has 0 aliphatic carbocycles. The van der Waals surface area contributed by atoms with E-state index in [0.717, 1.165) is 11.3 Å². The molecule has 0 unspecified atom stereocenters. The molecule has 2 heterocycles. The zero-order chi connectivity index (χ0) is 15.4. The largest absolute Gasteiger partial charge is 0.368 e. The van der Waals surface area contributed by atoms with Crippen LogP contribution in [0.4, 0.5) is 10.2 Å². The number of halogens is 1. The molecule has 1 amide bonds. The number of amides is 1.